The first-order valence-corrected chi connectivity index (χ1v) is 11.5. The zero-order valence-corrected chi connectivity index (χ0v) is 20.4. The van der Waals surface area contributed by atoms with Crippen LogP contribution in [-0.2, 0) is 0 Å². The van der Waals surface area contributed by atoms with Crippen molar-refractivity contribution in [2.75, 3.05) is 21.3 Å². The minimum absolute atomic E-state index is 0.595. The van der Waals surface area contributed by atoms with Crippen LogP contribution in [0.2, 0.25) is 0 Å². The fraction of sp³-hybridized carbons (Fsp3) is 0.310. The number of para-hydroxylation sites is 1. The number of furan rings is 1. The van der Waals surface area contributed by atoms with Gasteiger partial charge in [-0.2, -0.15) is 0 Å². The van der Waals surface area contributed by atoms with Crippen LogP contribution < -0.4 is 14.2 Å². The van der Waals surface area contributed by atoms with Crippen LogP contribution in [0.15, 0.2) is 76.8 Å². The number of methoxy groups -OCH3 is 3. The Morgan fingerprint density at radius 1 is 0.971 bits per heavy atom. The lowest BCUT2D eigenvalue weighted by molar-refractivity contribution is 0.143. The molecule has 0 aliphatic carbocycles. The average Bonchev–Trinajstić information content (AvgIpc) is 3.30. The standard InChI is InChI=1S/C29H34O5/c1-21(16-17-24(30)26-20-23-14-10-11-15-25(23)34-26)12-8-6-5-7-9-13-22-18-27(31-2)29(33-4)28(19-22)32-3/h6,8-15,18-20,24,30H,5,7,16-17H2,1-4H3. The predicted octanol–water partition coefficient (Wildman–Crippen LogP) is 7.27. The van der Waals surface area contributed by atoms with Gasteiger partial charge in [-0.05, 0) is 62.4 Å². The Balaban J connectivity index is 1.43. The summed E-state index contributed by atoms with van der Waals surface area (Å²) in [6, 6.07) is 13.6. The van der Waals surface area contributed by atoms with Crippen molar-refractivity contribution in [1.82, 2.24) is 0 Å². The van der Waals surface area contributed by atoms with E-state index in [1.54, 1.807) is 21.3 Å². The number of aliphatic hydroxyl groups is 1. The summed E-state index contributed by atoms with van der Waals surface area (Å²) < 4.78 is 21.9. The number of hydrogen-bond acceptors (Lipinski definition) is 5. The van der Waals surface area contributed by atoms with Gasteiger partial charge in [-0.1, -0.05) is 54.2 Å². The molecule has 2 aromatic carbocycles. The maximum atomic E-state index is 10.5. The number of hydrogen-bond donors (Lipinski definition) is 1. The van der Waals surface area contributed by atoms with Crippen LogP contribution in [0, 0.1) is 0 Å². The molecule has 1 unspecified atom stereocenters. The highest BCUT2D eigenvalue weighted by Crippen LogP contribution is 2.38. The number of allylic oxidation sites excluding steroid dienone is 5. The Morgan fingerprint density at radius 3 is 2.35 bits per heavy atom. The second-order valence-electron chi connectivity index (χ2n) is 8.12. The van der Waals surface area contributed by atoms with Gasteiger partial charge in [0.2, 0.25) is 5.75 Å². The van der Waals surface area contributed by atoms with Gasteiger partial charge in [0, 0.05) is 5.39 Å². The van der Waals surface area contributed by atoms with Crippen molar-refractivity contribution in [3.8, 4) is 17.2 Å². The molecule has 1 aromatic heterocycles. The van der Waals surface area contributed by atoms with Gasteiger partial charge in [0.1, 0.15) is 17.4 Å². The summed E-state index contributed by atoms with van der Waals surface area (Å²) in [5, 5.41) is 11.5. The maximum Gasteiger partial charge on any atom is 0.203 e. The van der Waals surface area contributed by atoms with E-state index in [-0.39, 0.29) is 0 Å². The topological polar surface area (TPSA) is 61.1 Å². The van der Waals surface area contributed by atoms with Gasteiger partial charge in [0.25, 0.3) is 0 Å². The molecule has 1 atom stereocenters. The SMILES string of the molecule is COc1cc(C=CCCC=CC=C(C)CCC(O)c2cc3ccccc3o2)cc(OC)c1OC. The summed E-state index contributed by atoms with van der Waals surface area (Å²) in [4.78, 5) is 0. The largest absolute Gasteiger partial charge is 0.493 e. The molecule has 0 fully saturated rings. The average molecular weight is 463 g/mol. The molecular weight excluding hydrogens is 428 g/mol. The number of benzene rings is 2. The molecule has 3 rings (SSSR count). The second-order valence-corrected chi connectivity index (χ2v) is 8.12. The highest BCUT2D eigenvalue weighted by molar-refractivity contribution is 5.77. The molecule has 1 heterocycles. The van der Waals surface area contributed by atoms with Crippen LogP contribution in [-0.4, -0.2) is 26.4 Å². The van der Waals surface area contributed by atoms with Crippen molar-refractivity contribution in [1.29, 1.82) is 0 Å². The van der Waals surface area contributed by atoms with E-state index < -0.39 is 6.10 Å². The van der Waals surface area contributed by atoms with Gasteiger partial charge in [0.05, 0.1) is 21.3 Å². The fourth-order valence-electron chi connectivity index (χ4n) is 3.69. The van der Waals surface area contributed by atoms with Crippen molar-refractivity contribution >= 4 is 17.0 Å². The summed E-state index contributed by atoms with van der Waals surface area (Å²) >= 11 is 0. The molecule has 5 nitrogen and oxygen atoms in total. The molecule has 0 saturated carbocycles. The summed E-state index contributed by atoms with van der Waals surface area (Å²) in [6.45, 7) is 2.08. The normalized spacial score (nSPS) is 13.1. The van der Waals surface area contributed by atoms with E-state index in [0.29, 0.717) is 29.4 Å². The number of rotatable bonds is 12. The molecule has 180 valence electrons. The zero-order valence-electron chi connectivity index (χ0n) is 20.4. The van der Waals surface area contributed by atoms with Gasteiger partial charge in [0.15, 0.2) is 11.5 Å². The van der Waals surface area contributed by atoms with E-state index in [4.69, 9.17) is 18.6 Å². The fourth-order valence-corrected chi connectivity index (χ4v) is 3.69. The molecule has 0 aliphatic rings. The Morgan fingerprint density at radius 2 is 1.68 bits per heavy atom. The van der Waals surface area contributed by atoms with Crippen LogP contribution in [0.3, 0.4) is 0 Å². The third-order valence-electron chi connectivity index (χ3n) is 5.60. The molecule has 0 amide bonds. The molecule has 0 aliphatic heterocycles. The van der Waals surface area contributed by atoms with E-state index in [0.717, 1.165) is 35.8 Å². The van der Waals surface area contributed by atoms with E-state index in [2.05, 4.69) is 37.3 Å². The van der Waals surface area contributed by atoms with Crippen molar-refractivity contribution in [2.24, 2.45) is 0 Å². The van der Waals surface area contributed by atoms with Gasteiger partial charge in [-0.15, -0.1) is 0 Å². The van der Waals surface area contributed by atoms with Gasteiger partial charge < -0.3 is 23.7 Å². The van der Waals surface area contributed by atoms with E-state index in [9.17, 15) is 5.11 Å². The predicted molar refractivity (Wildman–Crippen MR) is 138 cm³/mol. The quantitative estimate of drug-likeness (QED) is 0.227. The molecule has 34 heavy (non-hydrogen) atoms. The zero-order chi connectivity index (χ0) is 24.3. The Bertz CT molecular complexity index is 1090. The van der Waals surface area contributed by atoms with Crippen LogP contribution in [0.4, 0.5) is 0 Å². The first-order chi connectivity index (χ1) is 16.5. The third-order valence-corrected chi connectivity index (χ3v) is 5.60. The van der Waals surface area contributed by atoms with Gasteiger partial charge >= 0.3 is 0 Å². The Labute approximate surface area is 202 Å². The molecule has 0 spiro atoms. The second kappa shape index (κ2) is 12.7. The lowest BCUT2D eigenvalue weighted by atomic mass is 10.1. The van der Waals surface area contributed by atoms with E-state index >= 15 is 0 Å². The number of unbranched alkanes of at least 4 members (excludes halogenated alkanes) is 1. The molecule has 0 saturated heterocycles. The highest BCUT2D eigenvalue weighted by Gasteiger charge is 2.13. The van der Waals surface area contributed by atoms with E-state index in [1.807, 2.05) is 42.5 Å². The smallest absolute Gasteiger partial charge is 0.203 e. The van der Waals surface area contributed by atoms with Gasteiger partial charge in [-0.25, -0.2) is 0 Å². The first-order valence-electron chi connectivity index (χ1n) is 11.5. The van der Waals surface area contributed by atoms with Crippen molar-refractivity contribution in [2.45, 2.75) is 38.7 Å². The summed E-state index contributed by atoms with van der Waals surface area (Å²) in [5.74, 6) is 2.51. The minimum atomic E-state index is -0.597. The summed E-state index contributed by atoms with van der Waals surface area (Å²) in [5.41, 5.74) is 3.03. The first kappa shape index (κ1) is 25.2. The molecule has 3 aromatic rings. The molecule has 1 N–H and O–H groups in total. The van der Waals surface area contributed by atoms with Crippen LogP contribution >= 0.6 is 0 Å². The van der Waals surface area contributed by atoms with Gasteiger partial charge in [-0.3, -0.25) is 0 Å². The molecule has 0 radical (unpaired) electrons. The lowest BCUT2D eigenvalue weighted by Gasteiger charge is -2.12. The number of ether oxygens (including phenoxy) is 3. The maximum absolute atomic E-state index is 10.5. The highest BCUT2D eigenvalue weighted by atomic mass is 16.5. The number of fused-ring (bicyclic) bond motifs is 1. The molecule has 0 bridgehead atoms. The Kier molecular flexibility index (Phi) is 9.41. The Hall–Kier alpha value is -3.44. The minimum Gasteiger partial charge on any atom is -0.493 e. The number of aliphatic hydroxyl groups excluding tert-OH is 1. The van der Waals surface area contributed by atoms with E-state index in [1.165, 1.54) is 5.57 Å². The lowest BCUT2D eigenvalue weighted by Crippen LogP contribution is -1.95. The van der Waals surface area contributed by atoms with Crippen LogP contribution in [0.1, 0.15) is 50.0 Å². The molecule has 5 heteroatoms. The monoisotopic (exact) mass is 462 g/mol. The van der Waals surface area contributed by atoms with Crippen LogP contribution in [0.25, 0.3) is 17.0 Å². The third kappa shape index (κ3) is 6.78. The van der Waals surface area contributed by atoms with Crippen molar-refractivity contribution < 1.29 is 23.7 Å². The molecular formula is C29H34O5. The van der Waals surface area contributed by atoms with Crippen molar-refractivity contribution in [3.63, 3.8) is 0 Å². The van der Waals surface area contributed by atoms with Crippen LogP contribution in [0.5, 0.6) is 17.2 Å². The summed E-state index contributed by atoms with van der Waals surface area (Å²) in [7, 11) is 4.83. The van der Waals surface area contributed by atoms with Crippen molar-refractivity contribution in [3.05, 3.63) is 83.7 Å². The summed E-state index contributed by atoms with van der Waals surface area (Å²) in [6.07, 6.45) is 13.2.